The molecule has 1 N–H and O–H groups in total. The van der Waals surface area contributed by atoms with E-state index in [1.165, 1.54) is 17.8 Å². The van der Waals surface area contributed by atoms with Gasteiger partial charge in [-0.15, -0.1) is 11.8 Å². The number of nitrogens with one attached hydrogen (secondary N) is 1. The van der Waals surface area contributed by atoms with Crippen molar-refractivity contribution in [3.63, 3.8) is 0 Å². The lowest BCUT2D eigenvalue weighted by molar-refractivity contribution is -0.137. The minimum atomic E-state index is -4.43. The molecule has 0 saturated heterocycles. The number of nitriles is 1. The SMILES string of the molecule is CCSc1cc(C(F)(F)F)ccc1C(=O)NC12CCC(C#N)(CC1)CC2. The van der Waals surface area contributed by atoms with Gasteiger partial charge in [-0.2, -0.15) is 18.4 Å². The zero-order chi connectivity index (χ0) is 19.0. The second-order valence-electron chi connectivity index (χ2n) is 7.27. The zero-order valence-corrected chi connectivity index (χ0v) is 15.4. The fourth-order valence-corrected chi connectivity index (χ4v) is 4.85. The molecule has 3 saturated carbocycles. The van der Waals surface area contributed by atoms with Crippen molar-refractivity contribution < 1.29 is 18.0 Å². The Labute approximate surface area is 155 Å². The maximum absolute atomic E-state index is 13.0. The minimum Gasteiger partial charge on any atom is -0.347 e. The van der Waals surface area contributed by atoms with Crippen molar-refractivity contribution >= 4 is 17.7 Å². The number of hydrogen-bond acceptors (Lipinski definition) is 3. The van der Waals surface area contributed by atoms with Crippen molar-refractivity contribution in [3.8, 4) is 6.07 Å². The van der Waals surface area contributed by atoms with Crippen molar-refractivity contribution in [3.05, 3.63) is 29.3 Å². The molecular formula is C19H21F3N2OS. The average Bonchev–Trinajstić information content (AvgIpc) is 2.62. The summed E-state index contributed by atoms with van der Waals surface area (Å²) in [5.74, 6) is 0.262. The number of rotatable bonds is 4. The number of fused-ring (bicyclic) bond motifs is 3. The van der Waals surface area contributed by atoms with Crippen LogP contribution in [-0.4, -0.2) is 17.2 Å². The summed E-state index contributed by atoms with van der Waals surface area (Å²) in [5.41, 5.74) is -1.02. The first-order valence-electron chi connectivity index (χ1n) is 8.80. The fourth-order valence-electron chi connectivity index (χ4n) is 4.01. The lowest BCUT2D eigenvalue weighted by Crippen LogP contribution is -2.56. The monoisotopic (exact) mass is 382 g/mol. The van der Waals surface area contributed by atoms with Gasteiger partial charge in [0.25, 0.3) is 5.91 Å². The van der Waals surface area contributed by atoms with Crippen LogP contribution in [0, 0.1) is 16.7 Å². The fraction of sp³-hybridized carbons (Fsp3) is 0.579. The Morgan fingerprint density at radius 1 is 1.23 bits per heavy atom. The molecule has 1 aromatic rings. The number of carbonyl (C=O) groups excluding carboxylic acids is 1. The molecule has 0 unspecified atom stereocenters. The van der Waals surface area contributed by atoms with Crippen LogP contribution in [0.4, 0.5) is 13.2 Å². The molecule has 3 aliphatic carbocycles. The predicted molar refractivity (Wildman–Crippen MR) is 93.8 cm³/mol. The maximum Gasteiger partial charge on any atom is 0.416 e. The van der Waals surface area contributed by atoms with E-state index in [-0.39, 0.29) is 16.9 Å². The number of benzene rings is 1. The predicted octanol–water partition coefficient (Wildman–Crippen LogP) is 5.16. The van der Waals surface area contributed by atoms with Crippen LogP contribution in [-0.2, 0) is 6.18 Å². The zero-order valence-electron chi connectivity index (χ0n) is 14.6. The van der Waals surface area contributed by atoms with Gasteiger partial charge < -0.3 is 5.32 Å². The molecule has 2 bridgehead atoms. The summed E-state index contributed by atoms with van der Waals surface area (Å²) in [4.78, 5) is 13.2. The summed E-state index contributed by atoms with van der Waals surface area (Å²) < 4.78 is 38.9. The Morgan fingerprint density at radius 3 is 2.35 bits per heavy atom. The first-order valence-corrected chi connectivity index (χ1v) is 9.79. The van der Waals surface area contributed by atoms with E-state index in [1.807, 2.05) is 6.92 Å². The van der Waals surface area contributed by atoms with Gasteiger partial charge in [0.2, 0.25) is 0 Å². The van der Waals surface area contributed by atoms with E-state index < -0.39 is 11.7 Å². The summed E-state index contributed by atoms with van der Waals surface area (Å²) in [6.45, 7) is 1.84. The number of carbonyl (C=O) groups is 1. The van der Waals surface area contributed by atoms with Gasteiger partial charge >= 0.3 is 6.18 Å². The van der Waals surface area contributed by atoms with Gasteiger partial charge in [0.05, 0.1) is 22.6 Å². The molecule has 0 heterocycles. The number of amides is 1. The van der Waals surface area contributed by atoms with Crippen LogP contribution >= 0.6 is 11.8 Å². The smallest absolute Gasteiger partial charge is 0.347 e. The van der Waals surface area contributed by atoms with E-state index in [0.717, 1.165) is 50.7 Å². The number of halogens is 3. The van der Waals surface area contributed by atoms with Crippen LogP contribution in [0.25, 0.3) is 0 Å². The lowest BCUT2D eigenvalue weighted by Gasteiger charge is -2.50. The second kappa shape index (κ2) is 6.80. The lowest BCUT2D eigenvalue weighted by atomic mass is 9.58. The van der Waals surface area contributed by atoms with Crippen molar-refractivity contribution in [1.29, 1.82) is 5.26 Å². The Morgan fingerprint density at radius 2 is 1.85 bits per heavy atom. The maximum atomic E-state index is 13.0. The van der Waals surface area contributed by atoms with Gasteiger partial charge in [-0.1, -0.05) is 6.92 Å². The third kappa shape index (κ3) is 3.57. The van der Waals surface area contributed by atoms with E-state index in [1.54, 1.807) is 0 Å². The van der Waals surface area contributed by atoms with Crippen LogP contribution in [0.15, 0.2) is 23.1 Å². The molecule has 0 atom stereocenters. The Hall–Kier alpha value is -1.68. The van der Waals surface area contributed by atoms with Crippen molar-refractivity contribution in [1.82, 2.24) is 5.32 Å². The van der Waals surface area contributed by atoms with E-state index in [2.05, 4.69) is 11.4 Å². The highest BCUT2D eigenvalue weighted by Gasteiger charge is 2.49. The summed E-state index contributed by atoms with van der Waals surface area (Å²) in [7, 11) is 0. The van der Waals surface area contributed by atoms with Crippen LogP contribution in [0.2, 0.25) is 0 Å². The number of alkyl halides is 3. The van der Waals surface area contributed by atoms with Crippen molar-refractivity contribution in [2.24, 2.45) is 5.41 Å². The summed E-state index contributed by atoms with van der Waals surface area (Å²) in [6, 6.07) is 5.73. The molecule has 0 radical (unpaired) electrons. The Bertz CT molecular complexity index is 730. The van der Waals surface area contributed by atoms with Crippen molar-refractivity contribution in [2.75, 3.05) is 5.75 Å². The molecule has 0 aliphatic heterocycles. The first-order chi connectivity index (χ1) is 12.2. The summed E-state index contributed by atoms with van der Waals surface area (Å²) >= 11 is 1.24. The minimum absolute atomic E-state index is 0.246. The number of nitrogens with zero attached hydrogens (tertiary/aromatic N) is 1. The third-order valence-electron chi connectivity index (χ3n) is 5.72. The molecule has 3 aliphatic rings. The second-order valence-corrected chi connectivity index (χ2v) is 8.57. The highest BCUT2D eigenvalue weighted by atomic mass is 32.2. The van der Waals surface area contributed by atoms with Crippen LogP contribution in [0.3, 0.4) is 0 Å². The Kier molecular flexibility index (Phi) is 5.00. The molecule has 140 valence electrons. The van der Waals surface area contributed by atoms with Gasteiger partial charge in [0.1, 0.15) is 0 Å². The van der Waals surface area contributed by atoms with E-state index in [4.69, 9.17) is 0 Å². The van der Waals surface area contributed by atoms with E-state index in [9.17, 15) is 23.2 Å². The standard InChI is InChI=1S/C19H21F3N2OS/c1-2-26-15-11-13(19(20,21)22)3-4-14(15)16(25)24-18-8-5-17(12-23,6-9-18)7-10-18/h3-4,11H,2,5-10H2,1H3,(H,24,25). The molecule has 1 amide bonds. The largest absolute Gasteiger partial charge is 0.416 e. The first kappa shape index (κ1) is 19.1. The highest BCUT2D eigenvalue weighted by Crippen LogP contribution is 2.52. The van der Waals surface area contributed by atoms with Gasteiger partial charge in [-0.05, 0) is 62.5 Å². The van der Waals surface area contributed by atoms with Gasteiger partial charge in [0, 0.05) is 10.4 Å². The highest BCUT2D eigenvalue weighted by molar-refractivity contribution is 7.99. The molecule has 3 nitrogen and oxygen atoms in total. The molecule has 26 heavy (non-hydrogen) atoms. The van der Waals surface area contributed by atoms with Crippen molar-refractivity contribution in [2.45, 2.75) is 62.1 Å². The molecule has 0 aromatic heterocycles. The third-order valence-corrected chi connectivity index (χ3v) is 6.65. The van der Waals surface area contributed by atoms with Crippen LogP contribution in [0.5, 0.6) is 0 Å². The van der Waals surface area contributed by atoms with E-state index in [0.29, 0.717) is 16.2 Å². The van der Waals surface area contributed by atoms with Gasteiger partial charge in [-0.25, -0.2) is 0 Å². The normalized spacial score (nSPS) is 27.8. The van der Waals surface area contributed by atoms with Crippen LogP contribution in [0.1, 0.15) is 61.4 Å². The van der Waals surface area contributed by atoms with Crippen LogP contribution < -0.4 is 5.32 Å². The van der Waals surface area contributed by atoms with Gasteiger partial charge in [0.15, 0.2) is 0 Å². The topological polar surface area (TPSA) is 52.9 Å². The Balaban J connectivity index is 1.81. The molecule has 7 heteroatoms. The molecule has 4 rings (SSSR count). The summed E-state index contributed by atoms with van der Waals surface area (Å²) in [5, 5.41) is 12.5. The number of thioether (sulfide) groups is 1. The average molecular weight is 382 g/mol. The quantitative estimate of drug-likeness (QED) is 0.732. The molecular weight excluding hydrogens is 361 g/mol. The van der Waals surface area contributed by atoms with Gasteiger partial charge in [-0.3, -0.25) is 4.79 Å². The molecule has 1 aromatic carbocycles. The molecule has 3 fully saturated rings. The molecule has 0 spiro atoms. The summed E-state index contributed by atoms with van der Waals surface area (Å²) in [6.07, 6.45) is 0.147. The van der Waals surface area contributed by atoms with E-state index >= 15 is 0 Å². The number of hydrogen-bond donors (Lipinski definition) is 1.